The van der Waals surface area contributed by atoms with E-state index in [-0.39, 0.29) is 6.03 Å². The van der Waals surface area contributed by atoms with Gasteiger partial charge >= 0.3 is 6.03 Å². The second-order valence-corrected chi connectivity index (χ2v) is 6.52. The van der Waals surface area contributed by atoms with Gasteiger partial charge in [-0.1, -0.05) is 0 Å². The Balaban J connectivity index is 1.92. The average molecular weight is 322 g/mol. The van der Waals surface area contributed by atoms with E-state index in [0.29, 0.717) is 6.04 Å². The molecular formula is C17H26N2O2S. The van der Waals surface area contributed by atoms with Crippen LogP contribution < -0.4 is 5.32 Å². The standard InChI is InChI=1S/C17H26N2O2S/c1-21-13-5-7-15-6-3-4-12-19(15)17(20)18-14-8-10-16(22-2)11-9-14/h8-11,15H,3-7,12-13H2,1-2H3,(H,18,20)/t15-/m1/s1. The largest absolute Gasteiger partial charge is 0.385 e. The smallest absolute Gasteiger partial charge is 0.322 e. The molecular weight excluding hydrogens is 296 g/mol. The lowest BCUT2D eigenvalue weighted by molar-refractivity contribution is 0.141. The molecule has 1 heterocycles. The summed E-state index contributed by atoms with van der Waals surface area (Å²) in [5.74, 6) is 0. The highest BCUT2D eigenvalue weighted by atomic mass is 32.2. The van der Waals surface area contributed by atoms with Crippen molar-refractivity contribution in [3.8, 4) is 0 Å². The fourth-order valence-corrected chi connectivity index (χ4v) is 3.31. The quantitative estimate of drug-likeness (QED) is 0.630. The van der Waals surface area contributed by atoms with E-state index in [9.17, 15) is 4.79 Å². The molecule has 0 aliphatic carbocycles. The van der Waals surface area contributed by atoms with Crippen LogP contribution >= 0.6 is 11.8 Å². The van der Waals surface area contributed by atoms with Crippen molar-refractivity contribution in [3.63, 3.8) is 0 Å². The Hall–Kier alpha value is -1.20. The Morgan fingerprint density at radius 1 is 1.36 bits per heavy atom. The van der Waals surface area contributed by atoms with Gasteiger partial charge in [0.1, 0.15) is 0 Å². The van der Waals surface area contributed by atoms with E-state index in [2.05, 4.69) is 5.32 Å². The maximum absolute atomic E-state index is 12.5. The van der Waals surface area contributed by atoms with E-state index in [1.165, 1.54) is 11.3 Å². The Morgan fingerprint density at radius 3 is 2.82 bits per heavy atom. The minimum atomic E-state index is 0.0269. The summed E-state index contributed by atoms with van der Waals surface area (Å²) in [5.41, 5.74) is 0.865. The van der Waals surface area contributed by atoms with Crippen LogP contribution in [0.2, 0.25) is 0 Å². The van der Waals surface area contributed by atoms with Crippen molar-refractivity contribution in [2.45, 2.75) is 43.0 Å². The minimum Gasteiger partial charge on any atom is -0.385 e. The molecule has 1 saturated heterocycles. The number of anilines is 1. The van der Waals surface area contributed by atoms with E-state index >= 15 is 0 Å². The van der Waals surface area contributed by atoms with Gasteiger partial charge in [0.2, 0.25) is 0 Å². The van der Waals surface area contributed by atoms with Gasteiger partial charge in [-0.05, 0) is 62.6 Å². The molecule has 0 bridgehead atoms. The monoisotopic (exact) mass is 322 g/mol. The molecule has 1 aliphatic rings. The molecule has 1 N–H and O–H groups in total. The second-order valence-electron chi connectivity index (χ2n) is 5.64. The molecule has 1 aliphatic heterocycles. The van der Waals surface area contributed by atoms with Gasteiger partial charge in [-0.2, -0.15) is 0 Å². The van der Waals surface area contributed by atoms with Crippen LogP contribution in [-0.4, -0.2) is 43.5 Å². The summed E-state index contributed by atoms with van der Waals surface area (Å²) in [6.45, 7) is 1.62. The molecule has 5 heteroatoms. The molecule has 1 fully saturated rings. The van der Waals surface area contributed by atoms with Crippen LogP contribution in [0, 0.1) is 0 Å². The average Bonchev–Trinajstić information content (AvgIpc) is 2.56. The van der Waals surface area contributed by atoms with E-state index < -0.39 is 0 Å². The molecule has 4 nitrogen and oxygen atoms in total. The number of amides is 2. The first-order valence-corrected chi connectivity index (χ1v) is 9.17. The van der Waals surface area contributed by atoms with Crippen molar-refractivity contribution in [3.05, 3.63) is 24.3 Å². The Kier molecular flexibility index (Phi) is 7.06. The van der Waals surface area contributed by atoms with E-state index in [1.807, 2.05) is 35.4 Å². The van der Waals surface area contributed by atoms with Crippen LogP contribution in [0.25, 0.3) is 0 Å². The third-order valence-electron chi connectivity index (χ3n) is 4.12. The normalized spacial score (nSPS) is 18.3. The van der Waals surface area contributed by atoms with Crippen molar-refractivity contribution in [2.24, 2.45) is 0 Å². The molecule has 122 valence electrons. The highest BCUT2D eigenvalue weighted by molar-refractivity contribution is 7.98. The van der Waals surface area contributed by atoms with Gasteiger partial charge in [-0.15, -0.1) is 11.8 Å². The molecule has 2 amide bonds. The van der Waals surface area contributed by atoms with Gasteiger partial charge in [0.05, 0.1) is 0 Å². The molecule has 0 saturated carbocycles. The number of hydrogen-bond acceptors (Lipinski definition) is 3. The van der Waals surface area contributed by atoms with Crippen LogP contribution in [0.5, 0.6) is 0 Å². The fraction of sp³-hybridized carbons (Fsp3) is 0.588. The number of rotatable bonds is 6. The number of carbonyl (C=O) groups is 1. The predicted molar refractivity (Wildman–Crippen MR) is 92.7 cm³/mol. The van der Waals surface area contributed by atoms with Crippen molar-refractivity contribution in [1.29, 1.82) is 0 Å². The van der Waals surface area contributed by atoms with Crippen LogP contribution in [0.15, 0.2) is 29.2 Å². The molecule has 1 aromatic rings. The van der Waals surface area contributed by atoms with Gasteiger partial charge in [0, 0.05) is 36.9 Å². The number of nitrogens with zero attached hydrogens (tertiary/aromatic N) is 1. The summed E-state index contributed by atoms with van der Waals surface area (Å²) in [6.07, 6.45) is 7.48. The zero-order chi connectivity index (χ0) is 15.8. The Bertz CT molecular complexity index is 464. The lowest BCUT2D eigenvalue weighted by atomic mass is 9.98. The molecule has 1 aromatic carbocycles. The number of piperidine rings is 1. The van der Waals surface area contributed by atoms with E-state index in [4.69, 9.17) is 4.74 Å². The van der Waals surface area contributed by atoms with Gasteiger partial charge in [0.15, 0.2) is 0 Å². The number of urea groups is 1. The van der Waals surface area contributed by atoms with Crippen LogP contribution in [0.1, 0.15) is 32.1 Å². The molecule has 0 unspecified atom stereocenters. The second kappa shape index (κ2) is 9.06. The first kappa shape index (κ1) is 17.2. The SMILES string of the molecule is COCCC[C@H]1CCCCN1C(=O)Nc1ccc(SC)cc1. The van der Waals surface area contributed by atoms with Crippen molar-refractivity contribution in [1.82, 2.24) is 4.90 Å². The maximum Gasteiger partial charge on any atom is 0.322 e. The summed E-state index contributed by atoms with van der Waals surface area (Å²) in [5, 5.41) is 3.03. The summed E-state index contributed by atoms with van der Waals surface area (Å²) < 4.78 is 5.13. The summed E-state index contributed by atoms with van der Waals surface area (Å²) in [4.78, 5) is 15.7. The number of nitrogens with one attached hydrogen (secondary N) is 1. The number of ether oxygens (including phenoxy) is 1. The number of likely N-dealkylation sites (tertiary alicyclic amines) is 1. The van der Waals surface area contributed by atoms with E-state index in [0.717, 1.165) is 44.5 Å². The molecule has 1 atom stereocenters. The van der Waals surface area contributed by atoms with Gasteiger partial charge in [-0.25, -0.2) is 4.79 Å². The third-order valence-corrected chi connectivity index (χ3v) is 4.86. The highest BCUT2D eigenvalue weighted by Gasteiger charge is 2.26. The highest BCUT2D eigenvalue weighted by Crippen LogP contribution is 2.23. The molecule has 0 radical (unpaired) electrons. The fourth-order valence-electron chi connectivity index (χ4n) is 2.90. The number of carbonyl (C=O) groups excluding carboxylic acids is 1. The van der Waals surface area contributed by atoms with Crippen molar-refractivity contribution < 1.29 is 9.53 Å². The van der Waals surface area contributed by atoms with Gasteiger partial charge in [-0.3, -0.25) is 0 Å². The number of hydrogen-bond donors (Lipinski definition) is 1. The lowest BCUT2D eigenvalue weighted by Crippen LogP contribution is -2.46. The van der Waals surface area contributed by atoms with E-state index in [1.54, 1.807) is 18.9 Å². The predicted octanol–water partition coefficient (Wildman–Crippen LogP) is 4.22. The number of benzene rings is 1. The topological polar surface area (TPSA) is 41.6 Å². The zero-order valence-corrected chi connectivity index (χ0v) is 14.3. The van der Waals surface area contributed by atoms with Crippen LogP contribution in [0.4, 0.5) is 10.5 Å². The van der Waals surface area contributed by atoms with Crippen LogP contribution in [-0.2, 0) is 4.74 Å². The lowest BCUT2D eigenvalue weighted by Gasteiger charge is -2.35. The molecule has 0 aromatic heterocycles. The minimum absolute atomic E-state index is 0.0269. The van der Waals surface area contributed by atoms with Crippen LogP contribution in [0.3, 0.4) is 0 Å². The summed E-state index contributed by atoms with van der Waals surface area (Å²) >= 11 is 1.70. The number of methoxy groups -OCH3 is 1. The third kappa shape index (κ3) is 4.92. The first-order valence-electron chi connectivity index (χ1n) is 7.95. The maximum atomic E-state index is 12.5. The molecule has 0 spiro atoms. The van der Waals surface area contributed by atoms with Crippen molar-refractivity contribution >= 4 is 23.5 Å². The molecule has 22 heavy (non-hydrogen) atoms. The first-order chi connectivity index (χ1) is 10.7. The molecule has 2 rings (SSSR count). The summed E-state index contributed by atoms with van der Waals surface area (Å²) in [6, 6.07) is 8.37. The number of thioether (sulfide) groups is 1. The summed E-state index contributed by atoms with van der Waals surface area (Å²) in [7, 11) is 1.73. The Morgan fingerprint density at radius 2 is 2.14 bits per heavy atom. The zero-order valence-electron chi connectivity index (χ0n) is 13.5. The van der Waals surface area contributed by atoms with Crippen molar-refractivity contribution in [2.75, 3.05) is 31.8 Å². The Labute approximate surface area is 137 Å². The van der Waals surface area contributed by atoms with Gasteiger partial charge in [0.25, 0.3) is 0 Å². The van der Waals surface area contributed by atoms with Gasteiger partial charge < -0.3 is 15.0 Å².